The van der Waals surface area contributed by atoms with E-state index >= 15 is 0 Å². The number of hydrogen-bond donors (Lipinski definition) is 1. The van der Waals surface area contributed by atoms with E-state index in [4.69, 9.17) is 23.2 Å². The number of aromatic nitrogens is 2. The maximum absolute atomic E-state index is 6.04. The fraction of sp³-hybridized carbons (Fsp3) is 0.375. The van der Waals surface area contributed by atoms with Crippen LogP contribution in [-0.4, -0.2) is 47.6 Å². The zero-order valence-electron chi connectivity index (χ0n) is 13.0. The summed E-state index contributed by atoms with van der Waals surface area (Å²) in [6, 6.07) is 7.38. The lowest BCUT2D eigenvalue weighted by Crippen LogP contribution is -2.46. The van der Waals surface area contributed by atoms with Gasteiger partial charge in [-0.2, -0.15) is 0 Å². The Bertz CT molecular complexity index is 671. The molecular weight excluding hydrogens is 333 g/mol. The van der Waals surface area contributed by atoms with Gasteiger partial charge in [0.2, 0.25) is 0 Å². The SMILES string of the molecule is CCN1CCN(c2cc(Nc3ccc(Cl)c(Cl)c3)ncn2)CC1. The van der Waals surface area contributed by atoms with Crippen LogP contribution in [0.3, 0.4) is 0 Å². The Morgan fingerprint density at radius 3 is 2.52 bits per heavy atom. The van der Waals surface area contributed by atoms with Crippen LogP contribution in [-0.2, 0) is 0 Å². The van der Waals surface area contributed by atoms with Gasteiger partial charge in [-0.25, -0.2) is 9.97 Å². The molecule has 7 heteroatoms. The zero-order chi connectivity index (χ0) is 16.2. The minimum absolute atomic E-state index is 0.515. The summed E-state index contributed by atoms with van der Waals surface area (Å²) < 4.78 is 0. The van der Waals surface area contributed by atoms with E-state index in [1.165, 1.54) is 0 Å². The summed E-state index contributed by atoms with van der Waals surface area (Å²) in [5.74, 6) is 1.68. The molecule has 1 saturated heterocycles. The van der Waals surface area contributed by atoms with Gasteiger partial charge in [0.25, 0.3) is 0 Å². The molecule has 0 aliphatic carbocycles. The molecule has 0 spiro atoms. The van der Waals surface area contributed by atoms with Crippen LogP contribution >= 0.6 is 23.2 Å². The van der Waals surface area contributed by atoms with Crippen molar-refractivity contribution in [3.8, 4) is 0 Å². The summed E-state index contributed by atoms with van der Waals surface area (Å²) in [4.78, 5) is 13.4. The van der Waals surface area contributed by atoms with Crippen molar-refractivity contribution in [2.75, 3.05) is 42.9 Å². The van der Waals surface area contributed by atoms with E-state index < -0.39 is 0 Å². The molecule has 0 unspecified atom stereocenters. The van der Waals surface area contributed by atoms with Crippen LogP contribution in [0.5, 0.6) is 0 Å². The van der Waals surface area contributed by atoms with Gasteiger partial charge in [-0.1, -0.05) is 30.1 Å². The molecule has 0 amide bonds. The first kappa shape index (κ1) is 16.3. The van der Waals surface area contributed by atoms with Gasteiger partial charge in [0.1, 0.15) is 18.0 Å². The second kappa shape index (κ2) is 7.34. The molecule has 1 aromatic heterocycles. The van der Waals surface area contributed by atoms with E-state index in [2.05, 4.69) is 32.0 Å². The summed E-state index contributed by atoms with van der Waals surface area (Å²) in [6.45, 7) is 7.39. The second-order valence-corrected chi connectivity index (χ2v) is 6.25. The maximum atomic E-state index is 6.04. The Kier molecular flexibility index (Phi) is 5.20. The number of halogens is 2. The Morgan fingerprint density at radius 1 is 1.04 bits per heavy atom. The number of rotatable bonds is 4. The summed E-state index contributed by atoms with van der Waals surface area (Å²) in [5.41, 5.74) is 0.847. The molecule has 2 aromatic rings. The van der Waals surface area contributed by atoms with Crippen molar-refractivity contribution in [1.82, 2.24) is 14.9 Å². The lowest BCUT2D eigenvalue weighted by molar-refractivity contribution is 0.270. The van der Waals surface area contributed by atoms with Crippen molar-refractivity contribution in [2.24, 2.45) is 0 Å². The molecule has 0 atom stereocenters. The molecule has 5 nitrogen and oxygen atoms in total. The van der Waals surface area contributed by atoms with Crippen LogP contribution in [0.2, 0.25) is 10.0 Å². The molecule has 1 aromatic carbocycles. The van der Waals surface area contributed by atoms with Crippen molar-refractivity contribution < 1.29 is 0 Å². The van der Waals surface area contributed by atoms with Gasteiger partial charge < -0.3 is 15.1 Å². The monoisotopic (exact) mass is 351 g/mol. The molecule has 23 heavy (non-hydrogen) atoms. The predicted molar refractivity (Wildman–Crippen MR) is 96.1 cm³/mol. The van der Waals surface area contributed by atoms with Gasteiger partial charge in [0.05, 0.1) is 10.0 Å². The van der Waals surface area contributed by atoms with E-state index in [1.807, 2.05) is 12.1 Å². The van der Waals surface area contributed by atoms with E-state index in [9.17, 15) is 0 Å². The number of benzene rings is 1. The smallest absolute Gasteiger partial charge is 0.135 e. The Hall–Kier alpha value is -1.56. The van der Waals surface area contributed by atoms with Crippen LogP contribution < -0.4 is 10.2 Å². The molecule has 1 fully saturated rings. The summed E-state index contributed by atoms with van der Waals surface area (Å²) >= 11 is 12.0. The summed E-state index contributed by atoms with van der Waals surface area (Å²) in [5, 5.41) is 4.29. The molecular formula is C16H19Cl2N5. The fourth-order valence-corrected chi connectivity index (χ4v) is 2.90. The molecule has 122 valence electrons. The third-order valence-corrected chi connectivity index (χ3v) is 4.73. The highest BCUT2D eigenvalue weighted by Gasteiger charge is 2.17. The molecule has 0 radical (unpaired) electrons. The lowest BCUT2D eigenvalue weighted by Gasteiger charge is -2.34. The van der Waals surface area contributed by atoms with Crippen LogP contribution in [0, 0.1) is 0 Å². The largest absolute Gasteiger partial charge is 0.354 e. The topological polar surface area (TPSA) is 44.3 Å². The van der Waals surface area contributed by atoms with Gasteiger partial charge in [-0.15, -0.1) is 0 Å². The molecule has 0 saturated carbocycles. The second-order valence-electron chi connectivity index (χ2n) is 5.44. The van der Waals surface area contributed by atoms with Gasteiger partial charge in [0, 0.05) is 37.9 Å². The van der Waals surface area contributed by atoms with Crippen LogP contribution in [0.15, 0.2) is 30.6 Å². The molecule has 1 N–H and O–H groups in total. The number of nitrogens with one attached hydrogen (secondary N) is 1. The van der Waals surface area contributed by atoms with E-state index in [-0.39, 0.29) is 0 Å². The first-order valence-corrected chi connectivity index (χ1v) is 8.42. The third-order valence-electron chi connectivity index (χ3n) is 3.99. The lowest BCUT2D eigenvalue weighted by atomic mass is 10.3. The first-order valence-electron chi connectivity index (χ1n) is 7.67. The van der Waals surface area contributed by atoms with Crippen molar-refractivity contribution in [3.63, 3.8) is 0 Å². The Labute approximate surface area is 146 Å². The summed E-state index contributed by atoms with van der Waals surface area (Å²) in [6.07, 6.45) is 1.58. The van der Waals surface area contributed by atoms with Gasteiger partial charge >= 0.3 is 0 Å². The normalized spacial score (nSPS) is 15.7. The third kappa shape index (κ3) is 4.05. The molecule has 1 aliphatic rings. The van der Waals surface area contributed by atoms with Crippen molar-refractivity contribution in [3.05, 3.63) is 40.6 Å². The Morgan fingerprint density at radius 2 is 1.83 bits per heavy atom. The summed E-state index contributed by atoms with van der Waals surface area (Å²) in [7, 11) is 0. The number of hydrogen-bond acceptors (Lipinski definition) is 5. The quantitative estimate of drug-likeness (QED) is 0.910. The average Bonchev–Trinajstić information content (AvgIpc) is 2.58. The van der Waals surface area contributed by atoms with E-state index in [0.29, 0.717) is 10.0 Å². The van der Waals surface area contributed by atoms with E-state index in [0.717, 1.165) is 50.0 Å². The van der Waals surface area contributed by atoms with Gasteiger partial charge in [0.15, 0.2) is 0 Å². The molecule has 1 aliphatic heterocycles. The van der Waals surface area contributed by atoms with Gasteiger partial charge in [-0.05, 0) is 24.7 Å². The van der Waals surface area contributed by atoms with Crippen LogP contribution in [0.4, 0.5) is 17.3 Å². The predicted octanol–water partition coefficient (Wildman–Crippen LogP) is 3.67. The maximum Gasteiger partial charge on any atom is 0.135 e. The average molecular weight is 352 g/mol. The highest BCUT2D eigenvalue weighted by molar-refractivity contribution is 6.42. The number of likely N-dealkylation sites (N-methyl/N-ethyl adjacent to an activating group) is 1. The minimum Gasteiger partial charge on any atom is -0.354 e. The minimum atomic E-state index is 0.515. The van der Waals surface area contributed by atoms with Crippen LogP contribution in [0.25, 0.3) is 0 Å². The van der Waals surface area contributed by atoms with Crippen LogP contribution in [0.1, 0.15) is 6.92 Å². The number of anilines is 3. The van der Waals surface area contributed by atoms with Crippen molar-refractivity contribution in [1.29, 1.82) is 0 Å². The standard InChI is InChI=1S/C16H19Cl2N5/c1-2-22-5-7-23(8-6-22)16-10-15(19-11-20-16)21-12-3-4-13(17)14(18)9-12/h3-4,9-11H,2,5-8H2,1H3,(H,19,20,21). The van der Waals surface area contributed by atoms with Crippen molar-refractivity contribution >= 4 is 40.5 Å². The Balaban J connectivity index is 1.71. The number of nitrogens with zero attached hydrogens (tertiary/aromatic N) is 4. The fourth-order valence-electron chi connectivity index (χ4n) is 2.60. The highest BCUT2D eigenvalue weighted by Crippen LogP contribution is 2.27. The van der Waals surface area contributed by atoms with Crippen molar-refractivity contribution in [2.45, 2.75) is 6.92 Å². The first-order chi connectivity index (χ1) is 11.2. The zero-order valence-corrected chi connectivity index (χ0v) is 14.5. The van der Waals surface area contributed by atoms with Gasteiger partial charge in [-0.3, -0.25) is 0 Å². The van der Waals surface area contributed by atoms with E-state index in [1.54, 1.807) is 18.5 Å². The highest BCUT2D eigenvalue weighted by atomic mass is 35.5. The molecule has 0 bridgehead atoms. The molecule has 3 rings (SSSR count). The molecule has 2 heterocycles. The number of piperazine rings is 1.